The highest BCUT2D eigenvalue weighted by atomic mass is 16.5. The number of hydrogen-bond donors (Lipinski definition) is 3. The minimum absolute atomic E-state index is 0.139. The van der Waals surface area contributed by atoms with Gasteiger partial charge in [0, 0.05) is 6.54 Å². The normalized spacial score (nSPS) is 10.9. The van der Waals surface area contributed by atoms with Crippen LogP contribution in [0.2, 0.25) is 0 Å². The molecule has 0 bridgehead atoms. The zero-order valence-corrected chi connectivity index (χ0v) is 15.3. The maximum absolute atomic E-state index is 12.2. The molecule has 6 heteroatoms. The summed E-state index contributed by atoms with van der Waals surface area (Å²) in [5.74, 6) is 0.109. The molecule has 4 N–H and O–H groups in total. The number of anilines is 1. The quantitative estimate of drug-likeness (QED) is 0.712. The van der Waals surface area contributed by atoms with Crippen molar-refractivity contribution in [1.82, 2.24) is 5.32 Å². The monoisotopic (exact) mass is 355 g/mol. The van der Waals surface area contributed by atoms with Crippen molar-refractivity contribution in [3.05, 3.63) is 59.7 Å². The molecule has 0 radical (unpaired) electrons. The van der Waals surface area contributed by atoms with Crippen LogP contribution < -0.4 is 21.1 Å². The number of nitrogens with two attached hydrogens (primary N) is 1. The van der Waals surface area contributed by atoms with Gasteiger partial charge in [-0.25, -0.2) is 4.79 Å². The van der Waals surface area contributed by atoms with Gasteiger partial charge in [-0.1, -0.05) is 36.4 Å². The largest absolute Gasteiger partial charge is 0.487 e. The van der Waals surface area contributed by atoms with Gasteiger partial charge in [0.2, 0.25) is 5.91 Å². The Kier molecular flexibility index (Phi) is 6.22. The van der Waals surface area contributed by atoms with Gasteiger partial charge >= 0.3 is 6.03 Å². The molecular weight excluding hydrogens is 330 g/mol. The third kappa shape index (κ3) is 5.51. The molecular formula is C20H25N3O3. The molecule has 2 aromatic carbocycles. The van der Waals surface area contributed by atoms with Crippen molar-refractivity contribution in [2.45, 2.75) is 27.4 Å². The smallest absolute Gasteiger partial charge is 0.319 e. The van der Waals surface area contributed by atoms with E-state index in [1.54, 1.807) is 19.9 Å². The highest BCUT2D eigenvalue weighted by Crippen LogP contribution is 2.26. The van der Waals surface area contributed by atoms with Crippen LogP contribution in [-0.4, -0.2) is 18.5 Å². The van der Waals surface area contributed by atoms with E-state index < -0.39 is 17.4 Å². The average molecular weight is 355 g/mol. The summed E-state index contributed by atoms with van der Waals surface area (Å²) in [4.78, 5) is 23.5. The molecule has 0 atom stereocenters. The number of urea groups is 1. The van der Waals surface area contributed by atoms with Gasteiger partial charge in [0.15, 0.2) is 0 Å². The zero-order valence-electron chi connectivity index (χ0n) is 15.3. The summed E-state index contributed by atoms with van der Waals surface area (Å²) in [7, 11) is 0. The number of aryl methyl sites for hydroxylation is 1. The number of amides is 3. The average Bonchev–Trinajstić information content (AvgIpc) is 2.61. The van der Waals surface area contributed by atoms with Crippen molar-refractivity contribution in [3.8, 4) is 5.75 Å². The lowest BCUT2D eigenvalue weighted by atomic mass is 9.93. The van der Waals surface area contributed by atoms with Crippen LogP contribution in [0.15, 0.2) is 48.5 Å². The molecule has 0 aliphatic carbocycles. The predicted molar refractivity (Wildman–Crippen MR) is 102 cm³/mol. The number of rotatable bonds is 7. The molecule has 0 unspecified atom stereocenters. The van der Waals surface area contributed by atoms with Crippen LogP contribution in [0.1, 0.15) is 25.0 Å². The summed E-state index contributed by atoms with van der Waals surface area (Å²) in [5.41, 5.74) is 7.11. The van der Waals surface area contributed by atoms with Crippen LogP contribution in [0.4, 0.5) is 10.5 Å². The maximum atomic E-state index is 12.2. The Hall–Kier alpha value is -3.02. The molecule has 0 aliphatic rings. The van der Waals surface area contributed by atoms with Gasteiger partial charge in [0.25, 0.3) is 0 Å². The van der Waals surface area contributed by atoms with Gasteiger partial charge < -0.3 is 21.1 Å². The number of hydrogen-bond acceptors (Lipinski definition) is 3. The van der Waals surface area contributed by atoms with Crippen molar-refractivity contribution in [2.24, 2.45) is 11.1 Å². The third-order valence-corrected chi connectivity index (χ3v) is 3.98. The highest BCUT2D eigenvalue weighted by molar-refractivity contribution is 5.91. The summed E-state index contributed by atoms with van der Waals surface area (Å²) in [6.07, 6.45) is 0. The zero-order chi connectivity index (χ0) is 19.2. The molecule has 0 spiro atoms. The van der Waals surface area contributed by atoms with E-state index >= 15 is 0 Å². The lowest BCUT2D eigenvalue weighted by Crippen LogP contribution is -2.43. The molecule has 0 saturated carbocycles. The number of benzene rings is 2. The van der Waals surface area contributed by atoms with Crippen molar-refractivity contribution < 1.29 is 14.3 Å². The SMILES string of the molecule is Cc1ccc(NC(=O)NCC(C)(C)C(N)=O)c(OCc2ccccc2)c1. The molecule has 0 aliphatic heterocycles. The Balaban J connectivity index is 2.02. The van der Waals surface area contributed by atoms with Crippen LogP contribution in [0, 0.1) is 12.3 Å². The van der Waals surface area contributed by atoms with Gasteiger partial charge in [-0.05, 0) is 44.0 Å². The fourth-order valence-corrected chi connectivity index (χ4v) is 2.14. The molecule has 2 rings (SSSR count). The summed E-state index contributed by atoms with van der Waals surface area (Å²) in [5, 5.41) is 5.42. The molecule has 138 valence electrons. The molecule has 3 amide bonds. The van der Waals surface area contributed by atoms with E-state index in [0.29, 0.717) is 18.0 Å². The van der Waals surface area contributed by atoms with E-state index in [2.05, 4.69) is 10.6 Å². The van der Waals surface area contributed by atoms with Crippen LogP contribution in [0.3, 0.4) is 0 Å². The Labute approximate surface area is 153 Å². The van der Waals surface area contributed by atoms with Crippen molar-refractivity contribution >= 4 is 17.6 Å². The van der Waals surface area contributed by atoms with Crippen LogP contribution in [-0.2, 0) is 11.4 Å². The fourth-order valence-electron chi connectivity index (χ4n) is 2.14. The second kappa shape index (κ2) is 8.38. The molecule has 0 fully saturated rings. The van der Waals surface area contributed by atoms with Crippen LogP contribution in [0.5, 0.6) is 5.75 Å². The Morgan fingerprint density at radius 2 is 1.81 bits per heavy atom. The first-order chi connectivity index (χ1) is 12.3. The van der Waals surface area contributed by atoms with Gasteiger partial charge in [-0.2, -0.15) is 0 Å². The molecule has 6 nitrogen and oxygen atoms in total. The number of ether oxygens (including phenoxy) is 1. The van der Waals surface area contributed by atoms with E-state index in [0.717, 1.165) is 11.1 Å². The Bertz CT molecular complexity index is 773. The molecule has 2 aromatic rings. The molecule has 26 heavy (non-hydrogen) atoms. The number of primary amides is 1. The Morgan fingerprint density at radius 3 is 2.46 bits per heavy atom. The fraction of sp³-hybridized carbons (Fsp3) is 0.300. The summed E-state index contributed by atoms with van der Waals surface area (Å²) in [6, 6.07) is 14.9. The van der Waals surface area contributed by atoms with Gasteiger partial charge in [0.1, 0.15) is 12.4 Å². The molecule has 0 saturated heterocycles. The Morgan fingerprint density at radius 1 is 1.12 bits per heavy atom. The molecule has 0 aromatic heterocycles. The predicted octanol–water partition coefficient (Wildman–Crippen LogP) is 3.21. The standard InChI is InChI=1S/C20H25N3O3/c1-14-9-10-16(23-19(25)22-13-20(2,3)18(21)24)17(11-14)26-12-15-7-5-4-6-8-15/h4-11H,12-13H2,1-3H3,(H2,21,24)(H2,22,23,25). The van der Waals surface area contributed by atoms with Gasteiger partial charge in [0.05, 0.1) is 11.1 Å². The highest BCUT2D eigenvalue weighted by Gasteiger charge is 2.25. The number of carbonyl (C=O) groups is 2. The van der Waals surface area contributed by atoms with E-state index in [1.165, 1.54) is 0 Å². The minimum atomic E-state index is -0.822. The van der Waals surface area contributed by atoms with Crippen LogP contribution in [0.25, 0.3) is 0 Å². The van der Waals surface area contributed by atoms with Crippen molar-refractivity contribution in [3.63, 3.8) is 0 Å². The van der Waals surface area contributed by atoms with E-state index in [9.17, 15) is 9.59 Å². The number of carbonyl (C=O) groups excluding carboxylic acids is 2. The van der Waals surface area contributed by atoms with Gasteiger partial charge in [-0.3, -0.25) is 4.79 Å². The topological polar surface area (TPSA) is 93.5 Å². The molecule has 0 heterocycles. The first-order valence-corrected chi connectivity index (χ1v) is 8.40. The summed E-state index contributed by atoms with van der Waals surface area (Å²) >= 11 is 0. The second-order valence-corrected chi connectivity index (χ2v) is 6.83. The van der Waals surface area contributed by atoms with E-state index in [-0.39, 0.29) is 6.54 Å². The lowest BCUT2D eigenvalue weighted by molar-refractivity contribution is -0.125. The van der Waals surface area contributed by atoms with Crippen molar-refractivity contribution in [2.75, 3.05) is 11.9 Å². The second-order valence-electron chi connectivity index (χ2n) is 6.83. The van der Waals surface area contributed by atoms with Crippen LogP contribution >= 0.6 is 0 Å². The van der Waals surface area contributed by atoms with E-state index in [1.807, 2.05) is 49.4 Å². The van der Waals surface area contributed by atoms with E-state index in [4.69, 9.17) is 10.5 Å². The maximum Gasteiger partial charge on any atom is 0.319 e. The van der Waals surface area contributed by atoms with Crippen molar-refractivity contribution in [1.29, 1.82) is 0 Å². The lowest BCUT2D eigenvalue weighted by Gasteiger charge is -2.21. The first-order valence-electron chi connectivity index (χ1n) is 8.40. The summed E-state index contributed by atoms with van der Waals surface area (Å²) < 4.78 is 5.87. The van der Waals surface area contributed by atoms with Gasteiger partial charge in [-0.15, -0.1) is 0 Å². The minimum Gasteiger partial charge on any atom is -0.487 e. The number of nitrogens with one attached hydrogen (secondary N) is 2. The third-order valence-electron chi connectivity index (χ3n) is 3.98. The first kappa shape index (κ1) is 19.3. The summed E-state index contributed by atoms with van der Waals surface area (Å²) in [6.45, 7) is 5.84.